The fourth-order valence-electron chi connectivity index (χ4n) is 2.77. The van der Waals surface area contributed by atoms with Gasteiger partial charge in [-0.3, -0.25) is 18.9 Å². The molecular formula is C11H18FN2O15P3. The van der Waals surface area contributed by atoms with E-state index >= 15 is 0 Å². The van der Waals surface area contributed by atoms with Crippen LogP contribution in [-0.2, 0) is 31.6 Å². The zero-order valence-electron chi connectivity index (χ0n) is 15.7. The standard InChI is InChI=1S/C11H18FN2O15P3/c1-10(18)7(16)11(4-12,27-8(10)14-3-2-6(15)13-9(14)17)5-26-31(22,23)29-32(24,25)28-30(19,20)21/h2-3,7-8,16,18H,4-5H2,1H3,(H,22,23)(H,24,25)(H,13,15,17)(H2,19,20,21). The first kappa shape index (κ1) is 27.1. The molecule has 2 heterocycles. The van der Waals surface area contributed by atoms with E-state index in [9.17, 15) is 42.8 Å². The Morgan fingerprint density at radius 2 is 1.78 bits per heavy atom. The Hall–Kier alpha value is -1.10. The predicted molar refractivity (Wildman–Crippen MR) is 96.6 cm³/mol. The Balaban J connectivity index is 2.28. The van der Waals surface area contributed by atoms with Gasteiger partial charge in [-0.15, -0.1) is 0 Å². The minimum absolute atomic E-state index is 0.576. The largest absolute Gasteiger partial charge is 0.490 e. The van der Waals surface area contributed by atoms with E-state index in [1.807, 2.05) is 4.98 Å². The van der Waals surface area contributed by atoms with Gasteiger partial charge in [0.25, 0.3) is 5.56 Å². The van der Waals surface area contributed by atoms with Crippen LogP contribution in [0.4, 0.5) is 4.39 Å². The summed E-state index contributed by atoms with van der Waals surface area (Å²) in [5, 5.41) is 21.0. The van der Waals surface area contributed by atoms with Gasteiger partial charge in [0.2, 0.25) is 0 Å². The predicted octanol–water partition coefficient (Wildman–Crippen LogP) is -1.77. The molecule has 21 heteroatoms. The van der Waals surface area contributed by atoms with Crippen LogP contribution in [0.3, 0.4) is 0 Å². The number of phosphoric acid groups is 3. The second-order valence-corrected chi connectivity index (χ2v) is 11.1. The zero-order valence-corrected chi connectivity index (χ0v) is 18.4. The van der Waals surface area contributed by atoms with E-state index in [1.54, 1.807) is 0 Å². The number of alkyl halides is 1. The molecule has 32 heavy (non-hydrogen) atoms. The summed E-state index contributed by atoms with van der Waals surface area (Å²) in [6, 6.07) is 0.842. The summed E-state index contributed by atoms with van der Waals surface area (Å²) in [5.74, 6) is 0. The van der Waals surface area contributed by atoms with Crippen LogP contribution in [0.25, 0.3) is 0 Å². The third kappa shape index (κ3) is 6.07. The molecule has 1 aliphatic rings. The number of H-pyrrole nitrogens is 1. The SMILES string of the molecule is CC1(O)C(n2ccc(=O)[nH]c2=O)OC(CF)(COP(=O)(O)OP(=O)(O)OP(=O)(O)O)C1O. The minimum atomic E-state index is -5.87. The Labute approximate surface area is 176 Å². The molecule has 1 aromatic heterocycles. The highest BCUT2D eigenvalue weighted by Gasteiger charge is 2.63. The van der Waals surface area contributed by atoms with Crippen molar-refractivity contribution >= 4 is 23.5 Å². The van der Waals surface area contributed by atoms with E-state index in [1.165, 1.54) is 0 Å². The van der Waals surface area contributed by atoms with Crippen molar-refractivity contribution in [3.8, 4) is 0 Å². The highest BCUT2D eigenvalue weighted by molar-refractivity contribution is 7.66. The molecule has 0 amide bonds. The normalized spacial score (nSPS) is 32.4. The number of phosphoric ester groups is 1. The number of rotatable bonds is 9. The lowest BCUT2D eigenvalue weighted by atomic mass is 9.88. The van der Waals surface area contributed by atoms with Crippen molar-refractivity contribution in [1.29, 1.82) is 0 Å². The summed E-state index contributed by atoms with van der Waals surface area (Å²) in [7, 11) is -17.2. The van der Waals surface area contributed by atoms with Crippen LogP contribution in [0.15, 0.2) is 21.9 Å². The van der Waals surface area contributed by atoms with Crippen molar-refractivity contribution < 1.29 is 65.8 Å². The lowest BCUT2D eigenvalue weighted by molar-refractivity contribution is -0.138. The van der Waals surface area contributed by atoms with Gasteiger partial charge in [0.15, 0.2) is 11.8 Å². The molecule has 1 aromatic rings. The summed E-state index contributed by atoms with van der Waals surface area (Å²) in [4.78, 5) is 60.6. The lowest BCUT2D eigenvalue weighted by Crippen LogP contribution is -2.53. The van der Waals surface area contributed by atoms with Crippen LogP contribution in [-0.4, -0.2) is 69.9 Å². The molecular weight excluding hydrogens is 512 g/mol. The summed E-state index contributed by atoms with van der Waals surface area (Å²) in [5.41, 5.74) is -7.06. The van der Waals surface area contributed by atoms with E-state index in [2.05, 4.69) is 13.1 Å². The Bertz CT molecular complexity index is 1110. The Kier molecular flexibility index (Phi) is 7.57. The van der Waals surface area contributed by atoms with Crippen molar-refractivity contribution in [1.82, 2.24) is 9.55 Å². The summed E-state index contributed by atoms with van der Waals surface area (Å²) in [6.45, 7) is -2.25. The molecule has 1 saturated heterocycles. The van der Waals surface area contributed by atoms with Crippen molar-refractivity contribution in [2.24, 2.45) is 0 Å². The van der Waals surface area contributed by atoms with Crippen molar-refractivity contribution in [3.05, 3.63) is 33.1 Å². The molecule has 0 aromatic carbocycles. The summed E-state index contributed by atoms with van der Waals surface area (Å²) in [6.07, 6.45) is -3.26. The lowest BCUT2D eigenvalue weighted by Gasteiger charge is -2.31. The van der Waals surface area contributed by atoms with E-state index in [-0.39, 0.29) is 0 Å². The van der Waals surface area contributed by atoms with E-state index in [0.29, 0.717) is 4.57 Å². The van der Waals surface area contributed by atoms with Crippen LogP contribution in [0, 0.1) is 0 Å². The van der Waals surface area contributed by atoms with Crippen LogP contribution in [0.1, 0.15) is 13.2 Å². The van der Waals surface area contributed by atoms with Crippen LogP contribution >= 0.6 is 23.5 Å². The molecule has 0 radical (unpaired) electrons. The molecule has 7 N–H and O–H groups in total. The van der Waals surface area contributed by atoms with Gasteiger partial charge in [0, 0.05) is 12.3 Å². The van der Waals surface area contributed by atoms with E-state index in [0.717, 1.165) is 19.2 Å². The zero-order chi connectivity index (χ0) is 24.8. The fourth-order valence-corrected chi connectivity index (χ4v) is 5.85. The number of nitrogens with one attached hydrogen (secondary N) is 1. The third-order valence-corrected chi connectivity index (χ3v) is 7.90. The first-order valence-corrected chi connectivity index (χ1v) is 12.6. The van der Waals surface area contributed by atoms with Crippen LogP contribution in [0.2, 0.25) is 0 Å². The van der Waals surface area contributed by atoms with Gasteiger partial charge in [0.1, 0.15) is 18.4 Å². The van der Waals surface area contributed by atoms with Crippen molar-refractivity contribution in [2.45, 2.75) is 30.5 Å². The molecule has 6 unspecified atom stereocenters. The second kappa shape index (κ2) is 8.92. The van der Waals surface area contributed by atoms with Crippen LogP contribution < -0.4 is 11.2 Å². The number of aromatic nitrogens is 2. The topological polar surface area (TPSA) is 264 Å². The molecule has 2 rings (SSSR count). The smallest absolute Gasteiger partial charge is 0.387 e. The number of hydrogen-bond donors (Lipinski definition) is 7. The Morgan fingerprint density at radius 1 is 1.19 bits per heavy atom. The second-order valence-electron chi connectivity index (χ2n) is 6.68. The number of halogens is 1. The first-order chi connectivity index (χ1) is 14.3. The highest BCUT2D eigenvalue weighted by atomic mass is 31.3. The minimum Gasteiger partial charge on any atom is -0.387 e. The number of aromatic amines is 1. The maximum atomic E-state index is 13.9. The molecule has 1 fully saturated rings. The van der Waals surface area contributed by atoms with Gasteiger partial charge in [-0.25, -0.2) is 22.9 Å². The fraction of sp³-hybridized carbons (Fsp3) is 0.636. The molecule has 0 aliphatic carbocycles. The Morgan fingerprint density at radius 3 is 2.28 bits per heavy atom. The van der Waals surface area contributed by atoms with Gasteiger partial charge in [0.05, 0.1) is 6.61 Å². The van der Waals surface area contributed by atoms with E-state index < -0.39 is 71.5 Å². The third-order valence-electron chi connectivity index (χ3n) is 4.12. The maximum absolute atomic E-state index is 13.9. The van der Waals surface area contributed by atoms with Crippen molar-refractivity contribution in [3.63, 3.8) is 0 Å². The summed E-state index contributed by atoms with van der Waals surface area (Å²) >= 11 is 0. The number of hydrogen-bond acceptors (Lipinski definition) is 11. The van der Waals surface area contributed by atoms with Crippen molar-refractivity contribution in [2.75, 3.05) is 13.3 Å². The number of ether oxygens (including phenoxy) is 1. The summed E-state index contributed by atoms with van der Waals surface area (Å²) < 4.78 is 64.8. The van der Waals surface area contributed by atoms with Gasteiger partial charge < -0.3 is 34.5 Å². The average Bonchev–Trinajstić information content (AvgIpc) is 2.78. The number of aliphatic hydroxyl groups excluding tert-OH is 1. The molecule has 0 bridgehead atoms. The highest BCUT2D eigenvalue weighted by Crippen LogP contribution is 2.66. The monoisotopic (exact) mass is 530 g/mol. The number of aliphatic hydroxyl groups is 2. The maximum Gasteiger partial charge on any atom is 0.490 e. The quantitative estimate of drug-likeness (QED) is 0.174. The van der Waals surface area contributed by atoms with Gasteiger partial charge in [-0.2, -0.15) is 8.62 Å². The van der Waals surface area contributed by atoms with Gasteiger partial charge in [-0.05, 0) is 6.92 Å². The first-order valence-electron chi connectivity index (χ1n) is 8.08. The molecule has 184 valence electrons. The molecule has 1 aliphatic heterocycles. The molecule has 6 atom stereocenters. The average molecular weight is 530 g/mol. The molecule has 0 saturated carbocycles. The number of nitrogens with zero attached hydrogens (tertiary/aromatic N) is 1. The molecule has 17 nitrogen and oxygen atoms in total. The molecule has 0 spiro atoms. The van der Waals surface area contributed by atoms with E-state index in [4.69, 9.17) is 19.4 Å². The van der Waals surface area contributed by atoms with Crippen LogP contribution in [0.5, 0.6) is 0 Å². The van der Waals surface area contributed by atoms with Gasteiger partial charge >= 0.3 is 29.2 Å². The van der Waals surface area contributed by atoms with Gasteiger partial charge in [-0.1, -0.05) is 0 Å².